The lowest BCUT2D eigenvalue weighted by molar-refractivity contribution is -0.120. The van der Waals surface area contributed by atoms with E-state index in [-0.39, 0.29) is 11.7 Å². The smallest absolute Gasteiger partial charge is 0.217 e. The molecule has 2 N–H and O–H groups in total. The Hall–Kier alpha value is -1.12. The lowest BCUT2D eigenvalue weighted by Crippen LogP contribution is -2.10. The van der Waals surface area contributed by atoms with E-state index in [9.17, 15) is 9.59 Å². The highest BCUT2D eigenvalue weighted by Crippen LogP contribution is 2.08. The SMILES string of the molecule is C=CCCCCCCC(=O)CCCC(N)=O. The van der Waals surface area contributed by atoms with Gasteiger partial charge in [0.15, 0.2) is 0 Å². The van der Waals surface area contributed by atoms with E-state index in [0.717, 1.165) is 19.3 Å². The Bertz CT molecular complexity index is 224. The largest absolute Gasteiger partial charge is 0.370 e. The van der Waals surface area contributed by atoms with E-state index in [1.807, 2.05) is 6.08 Å². The summed E-state index contributed by atoms with van der Waals surface area (Å²) in [4.78, 5) is 21.8. The van der Waals surface area contributed by atoms with E-state index in [0.29, 0.717) is 25.7 Å². The van der Waals surface area contributed by atoms with E-state index >= 15 is 0 Å². The van der Waals surface area contributed by atoms with Crippen LogP contribution in [0.3, 0.4) is 0 Å². The molecule has 92 valence electrons. The Morgan fingerprint density at radius 2 is 1.56 bits per heavy atom. The maximum absolute atomic E-state index is 11.3. The molecule has 0 saturated carbocycles. The van der Waals surface area contributed by atoms with Crippen molar-refractivity contribution < 1.29 is 9.59 Å². The number of Topliss-reactive ketones (excluding diaryl/α,β-unsaturated/α-hetero) is 1. The van der Waals surface area contributed by atoms with Crippen molar-refractivity contribution in [3.8, 4) is 0 Å². The molecule has 0 radical (unpaired) electrons. The first-order valence-corrected chi connectivity index (χ1v) is 6.07. The fourth-order valence-electron chi connectivity index (χ4n) is 1.55. The van der Waals surface area contributed by atoms with Gasteiger partial charge < -0.3 is 5.73 Å². The second-order valence-electron chi connectivity index (χ2n) is 4.10. The first kappa shape index (κ1) is 14.9. The third kappa shape index (κ3) is 11.0. The molecule has 0 heterocycles. The predicted molar refractivity (Wildman–Crippen MR) is 66.0 cm³/mol. The molecule has 0 aromatic heterocycles. The van der Waals surface area contributed by atoms with Crippen molar-refractivity contribution in [2.45, 2.75) is 57.8 Å². The Morgan fingerprint density at radius 1 is 0.938 bits per heavy atom. The molecule has 3 heteroatoms. The quantitative estimate of drug-likeness (QED) is 0.434. The van der Waals surface area contributed by atoms with Gasteiger partial charge in [0, 0.05) is 19.3 Å². The number of allylic oxidation sites excluding steroid dienone is 1. The summed E-state index contributed by atoms with van der Waals surface area (Å²) in [6.45, 7) is 3.66. The molecule has 0 saturated heterocycles. The fourth-order valence-corrected chi connectivity index (χ4v) is 1.55. The van der Waals surface area contributed by atoms with E-state index < -0.39 is 0 Å². The Labute approximate surface area is 98.1 Å². The number of amides is 1. The molecule has 0 aromatic carbocycles. The second-order valence-corrected chi connectivity index (χ2v) is 4.10. The van der Waals surface area contributed by atoms with E-state index in [4.69, 9.17) is 5.73 Å². The van der Waals surface area contributed by atoms with Crippen LogP contribution < -0.4 is 5.73 Å². The van der Waals surface area contributed by atoms with Crippen LogP contribution >= 0.6 is 0 Å². The summed E-state index contributed by atoms with van der Waals surface area (Å²) in [6, 6.07) is 0. The van der Waals surface area contributed by atoms with Crippen LogP contribution in [0.4, 0.5) is 0 Å². The van der Waals surface area contributed by atoms with Crippen molar-refractivity contribution in [1.82, 2.24) is 0 Å². The van der Waals surface area contributed by atoms with Gasteiger partial charge in [-0.2, -0.15) is 0 Å². The summed E-state index contributed by atoms with van der Waals surface area (Å²) in [6.07, 6.45) is 9.46. The molecule has 0 aliphatic carbocycles. The molecule has 3 nitrogen and oxygen atoms in total. The Kier molecular flexibility index (Phi) is 9.67. The van der Waals surface area contributed by atoms with E-state index in [1.54, 1.807) is 0 Å². The molecular formula is C13H23NO2. The molecule has 0 spiro atoms. The van der Waals surface area contributed by atoms with Crippen molar-refractivity contribution in [2.24, 2.45) is 5.73 Å². The topological polar surface area (TPSA) is 60.2 Å². The molecule has 0 aliphatic rings. The third-order valence-electron chi connectivity index (χ3n) is 2.49. The van der Waals surface area contributed by atoms with Gasteiger partial charge in [-0.15, -0.1) is 6.58 Å². The normalized spacial score (nSPS) is 10.0. The van der Waals surface area contributed by atoms with Crippen LogP contribution in [0, 0.1) is 0 Å². The molecule has 0 atom stereocenters. The zero-order valence-electron chi connectivity index (χ0n) is 10.0. The summed E-state index contributed by atoms with van der Waals surface area (Å²) in [5, 5.41) is 0. The lowest BCUT2D eigenvalue weighted by Gasteiger charge is -2.00. The van der Waals surface area contributed by atoms with Gasteiger partial charge in [0.2, 0.25) is 5.91 Å². The van der Waals surface area contributed by atoms with Crippen LogP contribution in [0.5, 0.6) is 0 Å². The van der Waals surface area contributed by atoms with Crippen LogP contribution in [0.1, 0.15) is 57.8 Å². The van der Waals surface area contributed by atoms with Gasteiger partial charge in [0.1, 0.15) is 5.78 Å². The average molecular weight is 225 g/mol. The van der Waals surface area contributed by atoms with Gasteiger partial charge in [-0.1, -0.05) is 18.9 Å². The summed E-state index contributed by atoms with van der Waals surface area (Å²) in [5.74, 6) is -0.0674. The number of rotatable bonds is 11. The predicted octanol–water partition coefficient (Wildman–Crippen LogP) is 2.74. The van der Waals surface area contributed by atoms with E-state index in [1.165, 1.54) is 12.8 Å². The number of hydrogen-bond donors (Lipinski definition) is 1. The van der Waals surface area contributed by atoms with Gasteiger partial charge >= 0.3 is 0 Å². The molecule has 0 unspecified atom stereocenters. The van der Waals surface area contributed by atoms with Gasteiger partial charge in [-0.05, 0) is 25.7 Å². The van der Waals surface area contributed by atoms with Crippen LogP contribution in [0.25, 0.3) is 0 Å². The average Bonchev–Trinajstić information content (AvgIpc) is 2.22. The minimum Gasteiger partial charge on any atom is -0.370 e. The minimum absolute atomic E-state index is 0.255. The molecule has 0 fully saturated rings. The molecule has 0 rings (SSSR count). The number of primary amides is 1. The monoisotopic (exact) mass is 225 g/mol. The number of hydrogen-bond acceptors (Lipinski definition) is 2. The fraction of sp³-hybridized carbons (Fsp3) is 0.692. The number of nitrogens with two attached hydrogens (primary N) is 1. The van der Waals surface area contributed by atoms with Crippen molar-refractivity contribution in [3.05, 3.63) is 12.7 Å². The number of unbranched alkanes of at least 4 members (excludes halogenated alkanes) is 4. The third-order valence-corrected chi connectivity index (χ3v) is 2.49. The van der Waals surface area contributed by atoms with Crippen LogP contribution in [0.2, 0.25) is 0 Å². The highest BCUT2D eigenvalue weighted by molar-refractivity contribution is 5.79. The lowest BCUT2D eigenvalue weighted by atomic mass is 10.1. The zero-order valence-corrected chi connectivity index (χ0v) is 10.0. The molecule has 0 aliphatic heterocycles. The zero-order chi connectivity index (χ0) is 12.2. The first-order chi connectivity index (χ1) is 7.66. The van der Waals surface area contributed by atoms with Crippen molar-refractivity contribution in [3.63, 3.8) is 0 Å². The maximum Gasteiger partial charge on any atom is 0.217 e. The second kappa shape index (κ2) is 10.4. The molecule has 0 bridgehead atoms. The number of carbonyl (C=O) groups is 2. The van der Waals surface area contributed by atoms with Crippen LogP contribution in [0.15, 0.2) is 12.7 Å². The summed E-state index contributed by atoms with van der Waals surface area (Å²) >= 11 is 0. The summed E-state index contributed by atoms with van der Waals surface area (Å²) < 4.78 is 0. The van der Waals surface area contributed by atoms with Gasteiger partial charge in [0.05, 0.1) is 0 Å². The van der Waals surface area contributed by atoms with Gasteiger partial charge in [-0.25, -0.2) is 0 Å². The van der Waals surface area contributed by atoms with Gasteiger partial charge in [-0.3, -0.25) is 9.59 Å². The number of ketones is 1. The Balaban J connectivity index is 3.23. The molecule has 0 aromatic rings. The van der Waals surface area contributed by atoms with Crippen molar-refractivity contribution >= 4 is 11.7 Å². The summed E-state index contributed by atoms with van der Waals surface area (Å²) in [7, 11) is 0. The summed E-state index contributed by atoms with van der Waals surface area (Å²) in [5.41, 5.74) is 4.99. The highest BCUT2D eigenvalue weighted by atomic mass is 16.1. The van der Waals surface area contributed by atoms with Crippen LogP contribution in [-0.4, -0.2) is 11.7 Å². The standard InChI is InChI=1S/C13H23NO2/c1-2-3-4-5-6-7-9-12(15)10-8-11-13(14)16/h2H,1,3-11H2,(H2,14,16). The highest BCUT2D eigenvalue weighted by Gasteiger charge is 2.02. The molecule has 1 amide bonds. The van der Waals surface area contributed by atoms with Crippen molar-refractivity contribution in [2.75, 3.05) is 0 Å². The molecular weight excluding hydrogens is 202 g/mol. The minimum atomic E-state index is -0.322. The van der Waals surface area contributed by atoms with Crippen LogP contribution in [-0.2, 0) is 9.59 Å². The molecule has 16 heavy (non-hydrogen) atoms. The first-order valence-electron chi connectivity index (χ1n) is 6.07. The van der Waals surface area contributed by atoms with E-state index in [2.05, 4.69) is 6.58 Å². The Morgan fingerprint density at radius 3 is 2.19 bits per heavy atom. The van der Waals surface area contributed by atoms with Gasteiger partial charge in [0.25, 0.3) is 0 Å². The van der Waals surface area contributed by atoms with Crippen molar-refractivity contribution in [1.29, 1.82) is 0 Å². The number of carbonyl (C=O) groups excluding carboxylic acids is 2. The maximum atomic E-state index is 11.3.